The topological polar surface area (TPSA) is 101 Å². The normalized spacial score (nSPS) is 26.8. The average molecular weight is 263 g/mol. The van der Waals surface area contributed by atoms with Gasteiger partial charge in [0.05, 0.1) is 12.3 Å². The molecule has 6 nitrogen and oxygen atoms in total. The van der Waals surface area contributed by atoms with Crippen molar-refractivity contribution in [3.05, 3.63) is 0 Å². The first-order valence-electron chi connectivity index (χ1n) is 5.80. The summed E-state index contributed by atoms with van der Waals surface area (Å²) in [6, 6.07) is -0.601. The minimum absolute atomic E-state index is 0.0709. The number of hydrogen-bond donors (Lipinski definition) is 3. The number of nitrogens with one attached hydrogen (secondary N) is 2. The van der Waals surface area contributed by atoms with Crippen LogP contribution < -0.4 is 15.8 Å². The molecule has 1 fully saturated rings. The second-order valence-corrected chi connectivity index (χ2v) is 6.50. The molecular formula is C10H21N3O3S. The summed E-state index contributed by atoms with van der Waals surface area (Å²) < 4.78 is 24.9. The minimum Gasteiger partial charge on any atom is -0.354 e. The summed E-state index contributed by atoms with van der Waals surface area (Å²) in [5.74, 6) is -0.0394. The van der Waals surface area contributed by atoms with Gasteiger partial charge in [-0.2, -0.15) is 0 Å². The van der Waals surface area contributed by atoms with E-state index in [0.29, 0.717) is 6.54 Å². The molecule has 7 heteroatoms. The number of rotatable bonds is 5. The zero-order valence-corrected chi connectivity index (χ0v) is 11.1. The van der Waals surface area contributed by atoms with Crippen LogP contribution in [0.15, 0.2) is 0 Å². The van der Waals surface area contributed by atoms with E-state index in [-0.39, 0.29) is 17.9 Å². The van der Waals surface area contributed by atoms with Gasteiger partial charge in [0.15, 0.2) is 0 Å². The molecule has 0 saturated heterocycles. The fourth-order valence-electron chi connectivity index (χ4n) is 2.10. The Morgan fingerprint density at radius 2 is 2.12 bits per heavy atom. The van der Waals surface area contributed by atoms with Gasteiger partial charge in [0, 0.05) is 12.6 Å². The van der Waals surface area contributed by atoms with E-state index in [1.54, 1.807) is 6.92 Å². The van der Waals surface area contributed by atoms with Gasteiger partial charge < -0.3 is 11.1 Å². The smallest absolute Gasteiger partial charge is 0.236 e. The first-order chi connectivity index (χ1) is 7.79. The summed E-state index contributed by atoms with van der Waals surface area (Å²) in [5.41, 5.74) is 5.43. The molecule has 1 rings (SSSR count). The second kappa shape index (κ2) is 5.79. The molecular weight excluding hydrogens is 242 g/mol. The van der Waals surface area contributed by atoms with Crippen molar-refractivity contribution in [2.24, 2.45) is 11.7 Å². The zero-order valence-electron chi connectivity index (χ0n) is 10.3. The summed E-state index contributed by atoms with van der Waals surface area (Å²) in [6.07, 6.45) is 3.88. The molecule has 1 saturated carbocycles. The number of carbonyl (C=O) groups excluding carboxylic acids is 1. The predicted octanol–water partition coefficient (Wildman–Crippen LogP) is -0.832. The summed E-state index contributed by atoms with van der Waals surface area (Å²) in [4.78, 5) is 11.3. The van der Waals surface area contributed by atoms with Gasteiger partial charge in [-0.25, -0.2) is 13.1 Å². The predicted molar refractivity (Wildman–Crippen MR) is 65.8 cm³/mol. The summed E-state index contributed by atoms with van der Waals surface area (Å²) in [5, 5.41) is 2.74. The SMILES string of the molecule is C[C@@H](N)C(=O)NCC1CCCC1NS(C)(=O)=O. The fraction of sp³-hybridized carbons (Fsp3) is 0.900. The maximum absolute atomic E-state index is 11.3. The van der Waals surface area contributed by atoms with Crippen LogP contribution in [0.3, 0.4) is 0 Å². The summed E-state index contributed by atoms with van der Waals surface area (Å²) in [7, 11) is -3.18. The van der Waals surface area contributed by atoms with Crippen molar-refractivity contribution in [2.75, 3.05) is 12.8 Å². The Bertz CT molecular complexity index is 367. The number of amides is 1. The first kappa shape index (κ1) is 14.4. The lowest BCUT2D eigenvalue weighted by Gasteiger charge is -2.20. The molecule has 1 aliphatic rings. The Labute approximate surface area is 102 Å². The van der Waals surface area contributed by atoms with Crippen molar-refractivity contribution in [3.63, 3.8) is 0 Å². The minimum atomic E-state index is -3.18. The van der Waals surface area contributed by atoms with Crippen LogP contribution in [0.25, 0.3) is 0 Å². The Kier molecular flexibility index (Phi) is 4.91. The molecule has 1 amide bonds. The average Bonchev–Trinajstić information content (AvgIpc) is 2.58. The number of nitrogens with two attached hydrogens (primary N) is 1. The molecule has 0 spiro atoms. The van der Waals surface area contributed by atoms with Crippen LogP contribution in [-0.2, 0) is 14.8 Å². The fourth-order valence-corrected chi connectivity index (χ4v) is 2.96. The molecule has 100 valence electrons. The Hall–Kier alpha value is -0.660. The molecule has 0 aromatic carbocycles. The van der Waals surface area contributed by atoms with Crippen LogP contribution >= 0.6 is 0 Å². The van der Waals surface area contributed by atoms with E-state index in [0.717, 1.165) is 25.5 Å². The van der Waals surface area contributed by atoms with E-state index in [1.165, 1.54) is 0 Å². The molecule has 0 aromatic rings. The van der Waals surface area contributed by atoms with Crippen molar-refractivity contribution in [1.82, 2.24) is 10.0 Å². The van der Waals surface area contributed by atoms with Crippen LogP contribution in [0.5, 0.6) is 0 Å². The maximum atomic E-state index is 11.3. The van der Waals surface area contributed by atoms with Crippen molar-refractivity contribution in [2.45, 2.75) is 38.3 Å². The number of carbonyl (C=O) groups is 1. The van der Waals surface area contributed by atoms with E-state index in [9.17, 15) is 13.2 Å². The van der Waals surface area contributed by atoms with Gasteiger partial charge in [-0.1, -0.05) is 6.42 Å². The third-order valence-corrected chi connectivity index (χ3v) is 3.71. The highest BCUT2D eigenvalue weighted by atomic mass is 32.2. The maximum Gasteiger partial charge on any atom is 0.236 e. The van der Waals surface area contributed by atoms with E-state index >= 15 is 0 Å². The molecule has 17 heavy (non-hydrogen) atoms. The molecule has 0 aromatic heterocycles. The molecule has 1 aliphatic carbocycles. The standard InChI is InChI=1S/C10H21N3O3S/c1-7(11)10(14)12-6-8-4-3-5-9(8)13-17(2,15)16/h7-9,13H,3-6,11H2,1-2H3,(H,12,14)/t7-,8?,9?/m1/s1. The largest absolute Gasteiger partial charge is 0.354 e. The molecule has 0 bridgehead atoms. The van der Waals surface area contributed by atoms with Gasteiger partial charge in [-0.3, -0.25) is 4.79 Å². The van der Waals surface area contributed by atoms with Gasteiger partial charge in [0.1, 0.15) is 0 Å². The zero-order chi connectivity index (χ0) is 13.1. The number of sulfonamides is 1. The highest BCUT2D eigenvalue weighted by Crippen LogP contribution is 2.25. The van der Waals surface area contributed by atoms with Gasteiger partial charge in [-0.05, 0) is 25.7 Å². The Morgan fingerprint density at radius 1 is 1.47 bits per heavy atom. The highest BCUT2D eigenvalue weighted by Gasteiger charge is 2.29. The molecule has 4 N–H and O–H groups in total. The third kappa shape index (κ3) is 5.01. The summed E-state index contributed by atoms with van der Waals surface area (Å²) in [6.45, 7) is 2.10. The Balaban J connectivity index is 2.45. The van der Waals surface area contributed by atoms with Crippen LogP contribution in [0.1, 0.15) is 26.2 Å². The Morgan fingerprint density at radius 3 is 2.65 bits per heavy atom. The molecule has 0 heterocycles. The quantitative estimate of drug-likeness (QED) is 0.602. The molecule has 0 aliphatic heterocycles. The second-order valence-electron chi connectivity index (χ2n) is 4.72. The van der Waals surface area contributed by atoms with Crippen LogP contribution in [0.2, 0.25) is 0 Å². The van der Waals surface area contributed by atoms with Crippen molar-refractivity contribution in [3.8, 4) is 0 Å². The third-order valence-electron chi connectivity index (χ3n) is 2.98. The van der Waals surface area contributed by atoms with Crippen LogP contribution in [-0.4, -0.2) is 39.2 Å². The van der Waals surface area contributed by atoms with E-state index < -0.39 is 16.1 Å². The highest BCUT2D eigenvalue weighted by molar-refractivity contribution is 7.88. The van der Waals surface area contributed by atoms with Crippen molar-refractivity contribution >= 4 is 15.9 Å². The lowest BCUT2D eigenvalue weighted by molar-refractivity contribution is -0.122. The van der Waals surface area contributed by atoms with Gasteiger partial charge in [0.2, 0.25) is 15.9 Å². The summed E-state index contributed by atoms with van der Waals surface area (Å²) >= 11 is 0. The van der Waals surface area contributed by atoms with E-state index in [2.05, 4.69) is 10.0 Å². The van der Waals surface area contributed by atoms with Gasteiger partial charge in [-0.15, -0.1) is 0 Å². The molecule has 2 unspecified atom stereocenters. The van der Waals surface area contributed by atoms with Gasteiger partial charge in [0.25, 0.3) is 0 Å². The van der Waals surface area contributed by atoms with Crippen LogP contribution in [0.4, 0.5) is 0 Å². The molecule has 0 radical (unpaired) electrons. The molecule has 3 atom stereocenters. The lowest BCUT2D eigenvalue weighted by atomic mass is 10.0. The lowest BCUT2D eigenvalue weighted by Crippen LogP contribution is -2.45. The van der Waals surface area contributed by atoms with Crippen molar-refractivity contribution < 1.29 is 13.2 Å². The van der Waals surface area contributed by atoms with Crippen molar-refractivity contribution in [1.29, 1.82) is 0 Å². The van der Waals surface area contributed by atoms with Crippen LogP contribution in [0, 0.1) is 5.92 Å². The van der Waals surface area contributed by atoms with E-state index in [4.69, 9.17) is 5.73 Å². The monoisotopic (exact) mass is 263 g/mol. The van der Waals surface area contributed by atoms with Gasteiger partial charge >= 0.3 is 0 Å². The number of hydrogen-bond acceptors (Lipinski definition) is 4. The first-order valence-corrected chi connectivity index (χ1v) is 7.69. The van der Waals surface area contributed by atoms with E-state index in [1.807, 2.05) is 0 Å².